The molecule has 0 saturated carbocycles. The molecule has 0 aliphatic heterocycles. The first-order valence-electron chi connectivity index (χ1n) is 12.5. The fraction of sp³-hybridized carbons (Fsp3) is 0.0625. The topological polar surface area (TPSA) is 111 Å². The third-order valence-electron chi connectivity index (χ3n) is 5.70. The van der Waals surface area contributed by atoms with Gasteiger partial charge in [0.15, 0.2) is 0 Å². The van der Waals surface area contributed by atoms with Gasteiger partial charge in [0.2, 0.25) is 9.84 Å². The van der Waals surface area contributed by atoms with Crippen LogP contribution in [-0.4, -0.2) is 20.2 Å². The molecule has 0 unspecified atom stereocenters. The predicted molar refractivity (Wildman–Crippen MR) is 158 cm³/mol. The molecule has 0 aliphatic carbocycles. The Morgan fingerprint density at radius 2 is 0.951 bits per heavy atom. The second-order valence-corrected chi connectivity index (χ2v) is 11.1. The van der Waals surface area contributed by atoms with Gasteiger partial charge >= 0.3 is 0 Å². The minimum atomic E-state index is -3.90. The largest absolute Gasteiger partial charge is 0.457 e. The van der Waals surface area contributed by atoms with Crippen LogP contribution in [0.1, 0.15) is 13.8 Å². The number of hydrogen-bond acceptors (Lipinski definition) is 6. The summed E-state index contributed by atoms with van der Waals surface area (Å²) in [7, 11) is -3.90. The number of carbonyl (C=O) groups excluding carboxylic acids is 2. The molecule has 4 rings (SSSR count). The number of benzene rings is 4. The lowest BCUT2D eigenvalue weighted by molar-refractivity contribution is -0.113. The number of rotatable bonds is 10. The zero-order chi connectivity index (χ0) is 29.6. The molecular weight excluding hydrogens is 540 g/mol. The van der Waals surface area contributed by atoms with Crippen LogP contribution >= 0.6 is 0 Å². The van der Waals surface area contributed by atoms with Gasteiger partial charge in [0.1, 0.15) is 23.0 Å². The Bertz CT molecular complexity index is 1600. The van der Waals surface area contributed by atoms with E-state index in [2.05, 4.69) is 23.8 Å². The molecular formula is C32H28N2O6S. The van der Waals surface area contributed by atoms with Crippen LogP contribution in [0.15, 0.2) is 131 Å². The van der Waals surface area contributed by atoms with Crippen molar-refractivity contribution in [2.75, 3.05) is 10.6 Å². The average molecular weight is 569 g/mol. The molecule has 0 saturated heterocycles. The number of nitrogens with one attached hydrogen (secondary N) is 2. The Balaban J connectivity index is 1.47. The van der Waals surface area contributed by atoms with Gasteiger partial charge in [0.25, 0.3) is 11.8 Å². The van der Waals surface area contributed by atoms with Gasteiger partial charge in [-0.3, -0.25) is 9.59 Å². The maximum atomic E-state index is 13.4. The van der Waals surface area contributed by atoms with Crippen LogP contribution in [-0.2, 0) is 19.4 Å². The Morgan fingerprint density at radius 1 is 0.585 bits per heavy atom. The molecule has 4 aromatic rings. The molecule has 0 spiro atoms. The van der Waals surface area contributed by atoms with E-state index in [4.69, 9.17) is 9.47 Å². The molecule has 2 amide bonds. The third-order valence-corrected chi connectivity index (χ3v) is 7.45. The van der Waals surface area contributed by atoms with Gasteiger partial charge in [-0.05, 0) is 98.8 Å². The molecule has 9 heteroatoms. The Morgan fingerprint density at radius 3 is 1.29 bits per heavy atom. The average Bonchev–Trinajstić information content (AvgIpc) is 2.95. The molecule has 0 fully saturated rings. The number of hydrogen-bond donors (Lipinski definition) is 2. The fourth-order valence-corrected chi connectivity index (χ4v) is 4.84. The van der Waals surface area contributed by atoms with Crippen LogP contribution in [0.4, 0.5) is 11.4 Å². The smallest absolute Gasteiger partial charge is 0.250 e. The number of anilines is 2. The van der Waals surface area contributed by atoms with Gasteiger partial charge < -0.3 is 20.1 Å². The Kier molecular flexibility index (Phi) is 8.69. The highest BCUT2D eigenvalue weighted by molar-refractivity contribution is 7.91. The molecule has 0 aliphatic rings. The molecule has 8 nitrogen and oxygen atoms in total. The van der Waals surface area contributed by atoms with Gasteiger partial charge in [0, 0.05) is 22.5 Å². The zero-order valence-electron chi connectivity index (χ0n) is 22.5. The Hall–Kier alpha value is -5.15. The summed E-state index contributed by atoms with van der Waals surface area (Å²) >= 11 is 0. The normalized spacial score (nSPS) is 10.8. The highest BCUT2D eigenvalue weighted by atomic mass is 32.2. The van der Waals surface area contributed by atoms with E-state index in [1.165, 1.54) is 24.3 Å². The molecule has 0 atom stereocenters. The lowest BCUT2D eigenvalue weighted by Gasteiger charge is -2.11. The zero-order valence-corrected chi connectivity index (χ0v) is 23.3. The number of sulfone groups is 1. The van der Waals surface area contributed by atoms with E-state index >= 15 is 0 Å². The van der Waals surface area contributed by atoms with Gasteiger partial charge in [-0.25, -0.2) is 8.42 Å². The molecule has 0 aromatic heterocycles. The van der Waals surface area contributed by atoms with Crippen molar-refractivity contribution < 1.29 is 27.5 Å². The van der Waals surface area contributed by atoms with Crippen LogP contribution in [0.2, 0.25) is 0 Å². The first-order valence-corrected chi connectivity index (χ1v) is 13.9. The summed E-state index contributed by atoms with van der Waals surface area (Å²) in [5, 5.41) is 5.42. The lowest BCUT2D eigenvalue weighted by Crippen LogP contribution is -2.11. The van der Waals surface area contributed by atoms with E-state index in [0.29, 0.717) is 45.5 Å². The van der Waals surface area contributed by atoms with Crippen LogP contribution in [0, 0.1) is 0 Å². The SMILES string of the molecule is C=C(C)C(=O)Nc1ccc(Oc2cccc(S(=O)(=O)c3cccc(Oc4ccc(NC(=O)C(=C)C)cc4)c3)c2)cc1. The molecule has 0 heterocycles. The monoisotopic (exact) mass is 568 g/mol. The van der Waals surface area contributed by atoms with E-state index in [-0.39, 0.29) is 21.6 Å². The highest BCUT2D eigenvalue weighted by Crippen LogP contribution is 2.31. The van der Waals surface area contributed by atoms with Gasteiger partial charge in [0.05, 0.1) is 9.79 Å². The summed E-state index contributed by atoms with van der Waals surface area (Å²) in [6.07, 6.45) is 0. The number of amides is 2. The van der Waals surface area contributed by atoms with E-state index in [1.54, 1.807) is 86.6 Å². The second kappa shape index (κ2) is 12.4. The molecule has 0 radical (unpaired) electrons. The first kappa shape index (κ1) is 28.8. The van der Waals surface area contributed by atoms with Crippen molar-refractivity contribution in [3.8, 4) is 23.0 Å². The third kappa shape index (κ3) is 7.49. The van der Waals surface area contributed by atoms with Crippen molar-refractivity contribution in [1.29, 1.82) is 0 Å². The van der Waals surface area contributed by atoms with Crippen molar-refractivity contribution in [3.05, 3.63) is 121 Å². The molecule has 41 heavy (non-hydrogen) atoms. The van der Waals surface area contributed by atoms with Crippen molar-refractivity contribution in [2.24, 2.45) is 0 Å². The highest BCUT2D eigenvalue weighted by Gasteiger charge is 2.19. The minimum absolute atomic E-state index is 0.0510. The summed E-state index contributed by atoms with van der Waals surface area (Å²) in [6, 6.07) is 25.7. The standard InChI is InChI=1S/C32H28N2O6S/c1-21(2)31(35)33-23-11-15-25(16-12-23)39-27-7-5-9-29(19-27)41(37,38)30-10-6-8-28(20-30)40-26-17-13-24(14-18-26)34-32(36)22(3)4/h5-20H,1,3H2,2,4H3,(H,33,35)(H,34,36). The fourth-order valence-electron chi connectivity index (χ4n) is 3.51. The quantitative estimate of drug-likeness (QED) is 0.197. The minimum Gasteiger partial charge on any atom is -0.457 e. The van der Waals surface area contributed by atoms with Crippen molar-refractivity contribution in [1.82, 2.24) is 0 Å². The molecule has 4 aromatic carbocycles. The van der Waals surface area contributed by atoms with Gasteiger partial charge in [-0.15, -0.1) is 0 Å². The van der Waals surface area contributed by atoms with Crippen molar-refractivity contribution in [2.45, 2.75) is 23.6 Å². The molecule has 208 valence electrons. The Labute approximate surface area is 238 Å². The second-order valence-electron chi connectivity index (χ2n) is 9.17. The van der Waals surface area contributed by atoms with Crippen LogP contribution in [0.3, 0.4) is 0 Å². The summed E-state index contributed by atoms with van der Waals surface area (Å²) in [5.41, 5.74) is 1.93. The van der Waals surface area contributed by atoms with E-state index < -0.39 is 9.84 Å². The summed E-state index contributed by atoms with van der Waals surface area (Å²) in [4.78, 5) is 23.7. The van der Waals surface area contributed by atoms with E-state index in [0.717, 1.165) is 0 Å². The molecule has 2 N–H and O–H groups in total. The summed E-state index contributed by atoms with van der Waals surface area (Å²) in [6.45, 7) is 10.4. The maximum absolute atomic E-state index is 13.4. The first-order chi connectivity index (χ1) is 19.5. The van der Waals surface area contributed by atoms with Crippen LogP contribution < -0.4 is 20.1 Å². The van der Waals surface area contributed by atoms with Crippen LogP contribution in [0.5, 0.6) is 23.0 Å². The number of ether oxygens (including phenoxy) is 2. The van der Waals surface area contributed by atoms with E-state index in [1.807, 2.05) is 0 Å². The molecule has 0 bridgehead atoms. The summed E-state index contributed by atoms with van der Waals surface area (Å²) < 4.78 is 38.6. The van der Waals surface area contributed by atoms with Gasteiger partial charge in [-0.1, -0.05) is 25.3 Å². The van der Waals surface area contributed by atoms with E-state index in [9.17, 15) is 18.0 Å². The van der Waals surface area contributed by atoms with Crippen LogP contribution in [0.25, 0.3) is 0 Å². The van der Waals surface area contributed by atoms with Crippen molar-refractivity contribution >= 4 is 33.0 Å². The number of carbonyl (C=O) groups is 2. The maximum Gasteiger partial charge on any atom is 0.250 e. The lowest BCUT2D eigenvalue weighted by atomic mass is 10.2. The van der Waals surface area contributed by atoms with Gasteiger partial charge in [-0.2, -0.15) is 0 Å². The van der Waals surface area contributed by atoms with Crippen molar-refractivity contribution in [3.63, 3.8) is 0 Å². The summed E-state index contributed by atoms with van der Waals surface area (Å²) in [5.74, 6) is 1.02. The predicted octanol–water partition coefficient (Wildman–Crippen LogP) is 7.13.